The van der Waals surface area contributed by atoms with Gasteiger partial charge in [-0.25, -0.2) is 0 Å². The molecule has 10 aromatic rings. The maximum Gasteiger partial charge on any atom is 0.180 e. The number of aryl methyl sites for hydroxylation is 1. The molecule has 0 saturated carbocycles. The number of ether oxygens (including phenoxy) is 2. The molecule has 5 heteroatoms. The summed E-state index contributed by atoms with van der Waals surface area (Å²) in [5.41, 5.74) is 16.4. The van der Waals surface area contributed by atoms with Crippen LogP contribution in [0.1, 0.15) is 5.56 Å². The van der Waals surface area contributed by atoms with Gasteiger partial charge in [0.25, 0.3) is 0 Å². The first-order valence-corrected chi connectivity index (χ1v) is 21.4. The van der Waals surface area contributed by atoms with Crippen molar-refractivity contribution in [2.45, 2.75) is 6.42 Å². The largest absolute Gasteiger partial charge is 0.453 e. The monoisotopic (exact) mass is 802 g/mol. The van der Waals surface area contributed by atoms with E-state index in [9.17, 15) is 0 Å². The van der Waals surface area contributed by atoms with Gasteiger partial charge in [0.15, 0.2) is 23.0 Å². The second kappa shape index (κ2) is 14.4. The van der Waals surface area contributed by atoms with Crippen molar-refractivity contribution in [2.75, 3.05) is 10.7 Å². The Bertz CT molecular complexity index is 3340. The minimum Gasteiger partial charge on any atom is -0.453 e. The van der Waals surface area contributed by atoms with E-state index < -0.39 is 0 Å². The third-order valence-corrected chi connectivity index (χ3v) is 12.3. The second-order valence-corrected chi connectivity index (χ2v) is 16.1. The Labute approximate surface area is 359 Å². The van der Waals surface area contributed by atoms with Gasteiger partial charge in [-0.2, -0.15) is 12.6 Å². The molecule has 0 bridgehead atoms. The molecule has 0 amide bonds. The van der Waals surface area contributed by atoms with Gasteiger partial charge in [-0.05, 0) is 111 Å². The van der Waals surface area contributed by atoms with Crippen LogP contribution in [0, 0.1) is 0 Å². The molecular formula is C56H38N2O2S. The molecule has 3 heterocycles. The van der Waals surface area contributed by atoms with Crippen LogP contribution in [0.2, 0.25) is 0 Å². The van der Waals surface area contributed by atoms with Crippen molar-refractivity contribution < 1.29 is 9.47 Å². The summed E-state index contributed by atoms with van der Waals surface area (Å²) in [5.74, 6) is 3.88. The SMILES string of the molecule is SCCc1cccc(-c2ccccc2-c2ccc3c(c2)Oc2cc4c5ccccc5n(-c5ccccc5)c4c4c2N3c2ccc(-c3ccccc3-c3ccccc3)cc2O4)c1. The Morgan fingerprint density at radius 2 is 0.984 bits per heavy atom. The van der Waals surface area contributed by atoms with Crippen LogP contribution in [0.25, 0.3) is 72.0 Å². The zero-order valence-corrected chi connectivity index (χ0v) is 34.0. The Morgan fingerprint density at radius 3 is 1.66 bits per heavy atom. The van der Waals surface area contributed by atoms with E-state index in [1.54, 1.807) is 0 Å². The van der Waals surface area contributed by atoms with E-state index in [2.05, 4.69) is 222 Å². The first-order chi connectivity index (χ1) is 30.2. The van der Waals surface area contributed by atoms with Crippen LogP contribution in [0.5, 0.6) is 23.0 Å². The zero-order chi connectivity index (χ0) is 40.4. The normalized spacial score (nSPS) is 12.4. The van der Waals surface area contributed by atoms with Crippen LogP contribution >= 0.6 is 12.6 Å². The van der Waals surface area contributed by atoms with Crippen LogP contribution in [-0.2, 0) is 6.42 Å². The summed E-state index contributed by atoms with van der Waals surface area (Å²) in [5, 5.41) is 2.19. The smallest absolute Gasteiger partial charge is 0.180 e. The highest BCUT2D eigenvalue weighted by molar-refractivity contribution is 7.80. The van der Waals surface area contributed by atoms with Gasteiger partial charge in [-0.1, -0.05) is 152 Å². The lowest BCUT2D eigenvalue weighted by atomic mass is 9.92. The molecule has 0 spiro atoms. The number of hydrogen-bond acceptors (Lipinski definition) is 4. The van der Waals surface area contributed by atoms with E-state index in [0.29, 0.717) is 0 Å². The molecule has 4 nitrogen and oxygen atoms in total. The molecule has 0 saturated heterocycles. The molecule has 2 aliphatic heterocycles. The first kappa shape index (κ1) is 35.5. The predicted molar refractivity (Wildman–Crippen MR) is 255 cm³/mol. The van der Waals surface area contributed by atoms with Gasteiger partial charge in [-0.3, -0.25) is 4.90 Å². The molecule has 1 aromatic heterocycles. The topological polar surface area (TPSA) is 26.6 Å². The molecule has 0 aliphatic carbocycles. The minimum atomic E-state index is 0.750. The van der Waals surface area contributed by atoms with E-state index >= 15 is 0 Å². The molecule has 290 valence electrons. The lowest BCUT2D eigenvalue weighted by molar-refractivity contribution is 0.449. The lowest BCUT2D eigenvalue weighted by Crippen LogP contribution is -2.20. The van der Waals surface area contributed by atoms with Crippen LogP contribution in [-0.4, -0.2) is 10.3 Å². The van der Waals surface area contributed by atoms with E-state index in [1.807, 2.05) is 0 Å². The molecular weight excluding hydrogens is 765 g/mol. The number of hydrogen-bond donors (Lipinski definition) is 1. The van der Waals surface area contributed by atoms with Crippen molar-refractivity contribution in [2.24, 2.45) is 0 Å². The molecule has 0 N–H and O–H groups in total. The molecule has 0 unspecified atom stereocenters. The maximum absolute atomic E-state index is 7.29. The molecule has 0 atom stereocenters. The number of benzene rings is 9. The van der Waals surface area contributed by atoms with Gasteiger partial charge < -0.3 is 14.0 Å². The fraction of sp³-hybridized carbons (Fsp3) is 0.0357. The van der Waals surface area contributed by atoms with Crippen molar-refractivity contribution in [3.05, 3.63) is 206 Å². The van der Waals surface area contributed by atoms with Gasteiger partial charge >= 0.3 is 0 Å². The number of rotatable bonds is 7. The maximum atomic E-state index is 7.29. The summed E-state index contributed by atoms with van der Waals surface area (Å²) in [6.45, 7) is 0. The average Bonchev–Trinajstić information content (AvgIpc) is 3.66. The quantitative estimate of drug-likeness (QED) is 0.163. The minimum absolute atomic E-state index is 0.750. The van der Waals surface area contributed by atoms with Crippen molar-refractivity contribution in [1.29, 1.82) is 0 Å². The van der Waals surface area contributed by atoms with Gasteiger partial charge in [0.1, 0.15) is 5.69 Å². The Balaban J connectivity index is 1.08. The van der Waals surface area contributed by atoms with Crippen molar-refractivity contribution in [1.82, 2.24) is 4.57 Å². The van der Waals surface area contributed by atoms with Crippen molar-refractivity contribution in [3.8, 4) is 73.2 Å². The zero-order valence-electron chi connectivity index (χ0n) is 33.1. The van der Waals surface area contributed by atoms with Gasteiger partial charge in [-0.15, -0.1) is 0 Å². The number of nitrogens with zero attached hydrogens (tertiary/aromatic N) is 2. The van der Waals surface area contributed by atoms with E-state index in [-0.39, 0.29) is 0 Å². The third-order valence-electron chi connectivity index (χ3n) is 12.1. The number of para-hydroxylation sites is 2. The van der Waals surface area contributed by atoms with Crippen LogP contribution < -0.4 is 14.4 Å². The summed E-state index contributed by atoms with van der Waals surface area (Å²) >= 11 is 4.51. The number of aromatic nitrogens is 1. The molecule has 12 rings (SSSR count). The van der Waals surface area contributed by atoms with Crippen LogP contribution in [0.15, 0.2) is 200 Å². The highest BCUT2D eigenvalue weighted by Gasteiger charge is 2.38. The fourth-order valence-corrected chi connectivity index (χ4v) is 9.66. The Morgan fingerprint density at radius 1 is 0.426 bits per heavy atom. The Hall–Kier alpha value is -7.47. The fourth-order valence-electron chi connectivity index (χ4n) is 9.40. The van der Waals surface area contributed by atoms with E-state index in [0.717, 1.165) is 102 Å². The lowest BCUT2D eigenvalue weighted by Gasteiger charge is -2.38. The van der Waals surface area contributed by atoms with Crippen LogP contribution in [0.3, 0.4) is 0 Å². The Kier molecular flexibility index (Phi) is 8.36. The summed E-state index contributed by atoms with van der Waals surface area (Å²) in [4.78, 5) is 2.35. The standard InChI is InChI=1S/C56H38N2O2S/c61-31-30-36-14-13-17-38(32-36)43-21-9-10-23-45(43)39-26-28-49-51(33-39)59-53-35-47-46-24-11-12-25-48(46)57(41-18-5-2-6-19-41)54(47)56-55(53)58(49)50-29-27-40(34-52(50)60-56)44-22-8-7-20-42(44)37-15-3-1-4-16-37/h1-29,32-35,61H,30-31H2. The molecule has 0 fully saturated rings. The summed E-state index contributed by atoms with van der Waals surface area (Å²) in [6.07, 6.45) is 0.923. The van der Waals surface area contributed by atoms with Crippen molar-refractivity contribution in [3.63, 3.8) is 0 Å². The number of thiol groups is 1. The van der Waals surface area contributed by atoms with E-state index in [1.165, 1.54) is 27.8 Å². The number of fused-ring (bicyclic) bond motifs is 8. The summed E-state index contributed by atoms with van der Waals surface area (Å²) in [7, 11) is 0. The van der Waals surface area contributed by atoms with Gasteiger partial charge in [0.05, 0.1) is 22.4 Å². The second-order valence-electron chi connectivity index (χ2n) is 15.7. The molecule has 9 aromatic carbocycles. The highest BCUT2D eigenvalue weighted by atomic mass is 32.1. The van der Waals surface area contributed by atoms with Crippen LogP contribution in [0.4, 0.5) is 17.1 Å². The summed E-state index contributed by atoms with van der Waals surface area (Å²) < 4.78 is 16.7. The average molecular weight is 803 g/mol. The third kappa shape index (κ3) is 5.76. The predicted octanol–water partition coefficient (Wildman–Crippen LogP) is 15.6. The molecule has 61 heavy (non-hydrogen) atoms. The van der Waals surface area contributed by atoms with Crippen molar-refractivity contribution >= 4 is 51.5 Å². The highest BCUT2D eigenvalue weighted by Crippen LogP contribution is 2.63. The first-order valence-electron chi connectivity index (χ1n) is 20.8. The summed E-state index contributed by atoms with van der Waals surface area (Å²) in [6, 6.07) is 71.3. The van der Waals surface area contributed by atoms with Gasteiger partial charge in [0, 0.05) is 16.5 Å². The molecule has 0 radical (unpaired) electrons. The van der Waals surface area contributed by atoms with Gasteiger partial charge in [0.2, 0.25) is 0 Å². The number of anilines is 3. The van der Waals surface area contributed by atoms with E-state index in [4.69, 9.17) is 9.47 Å². The molecule has 2 aliphatic rings.